The fraction of sp³-hybridized carbons (Fsp3) is 0.310. The topological polar surface area (TPSA) is 128 Å². The van der Waals surface area contributed by atoms with Gasteiger partial charge in [-0.05, 0) is 67.6 Å². The zero-order valence-electron chi connectivity index (χ0n) is 23.3. The normalized spacial score (nSPS) is 18.0. The Balaban J connectivity index is 1.68. The highest BCUT2D eigenvalue weighted by molar-refractivity contribution is 7.89. The monoisotopic (exact) mass is 618 g/mol. The molecule has 0 aromatic heterocycles. The number of hydrogen-bond acceptors (Lipinski definition) is 6. The second kappa shape index (κ2) is 13.1. The van der Waals surface area contributed by atoms with Crippen molar-refractivity contribution in [3.05, 3.63) is 83.1 Å². The molecule has 224 valence electrons. The Morgan fingerprint density at radius 1 is 1.14 bits per heavy atom. The Labute approximate surface area is 249 Å². The van der Waals surface area contributed by atoms with E-state index in [1.807, 2.05) is 6.92 Å². The number of anilines is 2. The molecule has 42 heavy (non-hydrogen) atoms. The second-order valence-corrected chi connectivity index (χ2v) is 12.6. The predicted molar refractivity (Wildman–Crippen MR) is 158 cm³/mol. The number of ether oxygens (including phenoxy) is 1. The summed E-state index contributed by atoms with van der Waals surface area (Å²) in [6.45, 7) is 3.33. The SMILES string of the molecule is C[C@@H]1CN([C@H](C)CO)C(=O)c2cccc(NC(=O)Nc3ccc(F)cc3)c2O[C@H]1CN(C)S(=O)(=O)c1ccc(Cl)cc1. The molecule has 0 aliphatic carbocycles. The summed E-state index contributed by atoms with van der Waals surface area (Å²) in [7, 11) is -2.49. The molecule has 3 aromatic rings. The van der Waals surface area contributed by atoms with Crippen LogP contribution in [0.5, 0.6) is 5.75 Å². The van der Waals surface area contributed by atoms with Crippen molar-refractivity contribution < 1.29 is 32.2 Å². The number of fused-ring (bicyclic) bond motifs is 1. The Kier molecular flexibility index (Phi) is 9.72. The van der Waals surface area contributed by atoms with E-state index < -0.39 is 39.9 Å². The summed E-state index contributed by atoms with van der Waals surface area (Å²) in [6, 6.07) is 14.5. The van der Waals surface area contributed by atoms with E-state index in [2.05, 4.69) is 10.6 Å². The number of sulfonamides is 1. The van der Waals surface area contributed by atoms with Gasteiger partial charge in [0, 0.05) is 30.2 Å². The Morgan fingerprint density at radius 3 is 2.45 bits per heavy atom. The Bertz CT molecular complexity index is 1540. The van der Waals surface area contributed by atoms with Crippen LogP contribution >= 0.6 is 11.6 Å². The molecule has 3 N–H and O–H groups in total. The number of carbonyl (C=O) groups excluding carboxylic acids is 2. The number of hydrogen-bond donors (Lipinski definition) is 3. The number of nitrogens with zero attached hydrogens (tertiary/aromatic N) is 2. The first-order valence-electron chi connectivity index (χ1n) is 13.2. The predicted octanol–water partition coefficient (Wildman–Crippen LogP) is 4.66. The average molecular weight is 619 g/mol. The number of halogens is 2. The second-order valence-electron chi connectivity index (χ2n) is 10.1. The number of rotatable bonds is 8. The van der Waals surface area contributed by atoms with Crippen molar-refractivity contribution in [2.24, 2.45) is 5.92 Å². The number of para-hydroxylation sites is 1. The van der Waals surface area contributed by atoms with Crippen LogP contribution in [0, 0.1) is 11.7 Å². The maximum Gasteiger partial charge on any atom is 0.323 e. The Morgan fingerprint density at radius 2 is 1.81 bits per heavy atom. The molecule has 13 heteroatoms. The highest BCUT2D eigenvalue weighted by atomic mass is 35.5. The molecular formula is C29H32ClFN4O6S. The molecule has 0 unspecified atom stereocenters. The quantitative estimate of drug-likeness (QED) is 0.337. The molecule has 1 heterocycles. The zero-order valence-corrected chi connectivity index (χ0v) is 24.8. The lowest BCUT2D eigenvalue weighted by molar-refractivity contribution is 0.0389. The summed E-state index contributed by atoms with van der Waals surface area (Å²) in [6.07, 6.45) is -0.763. The molecule has 1 aliphatic rings. The number of carbonyl (C=O) groups is 2. The molecule has 3 atom stereocenters. The molecule has 1 aliphatic heterocycles. The van der Waals surface area contributed by atoms with Crippen LogP contribution in [-0.2, 0) is 10.0 Å². The molecule has 4 rings (SSSR count). The summed E-state index contributed by atoms with van der Waals surface area (Å²) < 4.78 is 47.5. The largest absolute Gasteiger partial charge is 0.486 e. The third kappa shape index (κ3) is 7.01. The summed E-state index contributed by atoms with van der Waals surface area (Å²) in [5.74, 6) is -1.20. The Hall–Kier alpha value is -3.71. The third-order valence-electron chi connectivity index (χ3n) is 7.00. The van der Waals surface area contributed by atoms with E-state index in [0.717, 1.165) is 4.31 Å². The molecule has 3 aromatic carbocycles. The maximum absolute atomic E-state index is 13.7. The number of amides is 3. The van der Waals surface area contributed by atoms with Gasteiger partial charge in [-0.3, -0.25) is 4.79 Å². The molecule has 0 saturated heterocycles. The van der Waals surface area contributed by atoms with Crippen LogP contribution in [0.25, 0.3) is 0 Å². The average Bonchev–Trinajstić information content (AvgIpc) is 2.96. The molecule has 0 spiro atoms. The van der Waals surface area contributed by atoms with Crippen molar-refractivity contribution in [1.82, 2.24) is 9.21 Å². The van der Waals surface area contributed by atoms with Crippen molar-refractivity contribution >= 4 is 44.9 Å². The van der Waals surface area contributed by atoms with Crippen molar-refractivity contribution in [2.45, 2.75) is 30.9 Å². The van der Waals surface area contributed by atoms with E-state index in [1.165, 1.54) is 60.5 Å². The lowest BCUT2D eigenvalue weighted by Crippen LogP contribution is -2.50. The van der Waals surface area contributed by atoms with Crippen molar-refractivity contribution in [2.75, 3.05) is 37.4 Å². The van der Waals surface area contributed by atoms with Gasteiger partial charge in [0.15, 0.2) is 5.75 Å². The lowest BCUT2D eigenvalue weighted by atomic mass is 9.99. The first kappa shape index (κ1) is 31.2. The zero-order chi connectivity index (χ0) is 30.6. The van der Waals surface area contributed by atoms with Crippen LogP contribution in [0.15, 0.2) is 71.6 Å². The number of likely N-dealkylation sites (N-methyl/N-ethyl adjacent to an activating group) is 1. The van der Waals surface area contributed by atoms with Crippen LogP contribution < -0.4 is 15.4 Å². The minimum Gasteiger partial charge on any atom is -0.486 e. The summed E-state index contributed by atoms with van der Waals surface area (Å²) in [4.78, 5) is 28.1. The van der Waals surface area contributed by atoms with Crippen molar-refractivity contribution in [1.29, 1.82) is 0 Å². The van der Waals surface area contributed by atoms with E-state index in [-0.39, 0.29) is 47.5 Å². The van der Waals surface area contributed by atoms with E-state index in [9.17, 15) is 27.5 Å². The van der Waals surface area contributed by atoms with Crippen LogP contribution in [0.1, 0.15) is 24.2 Å². The van der Waals surface area contributed by atoms with Gasteiger partial charge in [0.2, 0.25) is 10.0 Å². The van der Waals surface area contributed by atoms with Gasteiger partial charge in [0.05, 0.1) is 35.3 Å². The molecular weight excluding hydrogens is 587 g/mol. The highest BCUT2D eigenvalue weighted by Crippen LogP contribution is 2.35. The van der Waals surface area contributed by atoms with Gasteiger partial charge in [-0.25, -0.2) is 17.6 Å². The number of aliphatic hydroxyl groups is 1. The van der Waals surface area contributed by atoms with Gasteiger partial charge in [0.1, 0.15) is 11.9 Å². The van der Waals surface area contributed by atoms with E-state index in [0.29, 0.717) is 10.7 Å². The van der Waals surface area contributed by atoms with E-state index in [4.69, 9.17) is 16.3 Å². The smallest absolute Gasteiger partial charge is 0.323 e. The van der Waals surface area contributed by atoms with Crippen LogP contribution in [0.4, 0.5) is 20.6 Å². The molecule has 0 radical (unpaired) electrons. The first-order chi connectivity index (χ1) is 19.9. The van der Waals surface area contributed by atoms with Gasteiger partial charge in [-0.2, -0.15) is 4.31 Å². The van der Waals surface area contributed by atoms with Crippen LogP contribution in [0.2, 0.25) is 5.02 Å². The van der Waals surface area contributed by atoms with E-state index >= 15 is 0 Å². The first-order valence-corrected chi connectivity index (χ1v) is 15.0. The number of urea groups is 1. The standard InChI is InChI=1S/C29H32ClFN4O6S/c1-18-15-35(19(2)17-36)28(37)24-5-4-6-25(33-29(38)32-22-11-9-21(31)10-12-22)27(24)41-26(18)16-34(3)42(39,40)23-13-7-20(30)8-14-23/h4-14,18-19,26,36H,15-17H2,1-3H3,(H2,32,33,38)/t18-,19-,26+/m1/s1. The minimum absolute atomic E-state index is 0.0545. The van der Waals surface area contributed by atoms with Gasteiger partial charge in [-0.1, -0.05) is 24.6 Å². The summed E-state index contributed by atoms with van der Waals surface area (Å²) in [5.41, 5.74) is 0.641. The van der Waals surface area contributed by atoms with Gasteiger partial charge in [0.25, 0.3) is 5.91 Å². The van der Waals surface area contributed by atoms with Crippen molar-refractivity contribution in [3.8, 4) is 5.75 Å². The van der Waals surface area contributed by atoms with Crippen LogP contribution in [0.3, 0.4) is 0 Å². The molecule has 0 fully saturated rings. The number of benzene rings is 3. The number of nitrogens with one attached hydrogen (secondary N) is 2. The maximum atomic E-state index is 13.7. The fourth-order valence-corrected chi connectivity index (χ4v) is 5.82. The summed E-state index contributed by atoms with van der Waals surface area (Å²) in [5, 5.41) is 15.6. The minimum atomic E-state index is -3.92. The summed E-state index contributed by atoms with van der Waals surface area (Å²) >= 11 is 5.93. The van der Waals surface area contributed by atoms with Crippen molar-refractivity contribution in [3.63, 3.8) is 0 Å². The van der Waals surface area contributed by atoms with Gasteiger partial charge >= 0.3 is 6.03 Å². The fourth-order valence-electron chi connectivity index (χ4n) is 4.52. The lowest BCUT2D eigenvalue weighted by Gasteiger charge is -2.38. The van der Waals surface area contributed by atoms with Crippen LogP contribution in [-0.4, -0.2) is 73.6 Å². The van der Waals surface area contributed by atoms with Gasteiger partial charge in [-0.15, -0.1) is 0 Å². The molecule has 0 saturated carbocycles. The molecule has 0 bridgehead atoms. The number of aliphatic hydroxyl groups excluding tert-OH is 1. The van der Waals surface area contributed by atoms with E-state index in [1.54, 1.807) is 25.1 Å². The molecule has 3 amide bonds. The molecule has 10 nitrogen and oxygen atoms in total. The van der Waals surface area contributed by atoms with Gasteiger partial charge < -0.3 is 25.4 Å². The third-order valence-corrected chi connectivity index (χ3v) is 9.09. The highest BCUT2D eigenvalue weighted by Gasteiger charge is 2.36.